The van der Waals surface area contributed by atoms with E-state index in [-0.39, 0.29) is 0 Å². The molecule has 4 nitrogen and oxygen atoms in total. The van der Waals surface area contributed by atoms with Crippen molar-refractivity contribution in [2.45, 2.75) is 17.9 Å². The van der Waals surface area contributed by atoms with E-state index >= 15 is 0 Å². The molecule has 0 aliphatic rings. The number of hydrogen-bond acceptors (Lipinski definition) is 4. The van der Waals surface area contributed by atoms with Crippen molar-refractivity contribution in [2.24, 2.45) is 0 Å². The van der Waals surface area contributed by atoms with Gasteiger partial charge < -0.3 is 10.1 Å². The largest absolute Gasteiger partial charge is 0.449 e. The fraction of sp³-hybridized carbons (Fsp3) is 0.176. The number of halogens is 1. The van der Waals surface area contributed by atoms with Gasteiger partial charge in [-0.15, -0.1) is 11.8 Å². The third-order valence-corrected chi connectivity index (χ3v) is 3.89. The Morgan fingerprint density at radius 2 is 1.78 bits per heavy atom. The van der Waals surface area contributed by atoms with Gasteiger partial charge in [-0.05, 0) is 49.6 Å². The van der Waals surface area contributed by atoms with E-state index in [1.54, 1.807) is 12.1 Å². The summed E-state index contributed by atoms with van der Waals surface area (Å²) in [6.07, 6.45) is 0.888. The first-order chi connectivity index (χ1) is 11.0. The van der Waals surface area contributed by atoms with Gasteiger partial charge in [-0.25, -0.2) is 9.18 Å². The highest BCUT2D eigenvalue weighted by molar-refractivity contribution is 7.98. The lowest BCUT2D eigenvalue weighted by Crippen LogP contribution is -2.30. The van der Waals surface area contributed by atoms with Crippen LogP contribution < -0.4 is 5.32 Å². The van der Waals surface area contributed by atoms with Crippen LogP contribution in [-0.2, 0) is 9.53 Å². The van der Waals surface area contributed by atoms with Crippen LogP contribution in [0.3, 0.4) is 0 Å². The molecular formula is C17H16FNO3S. The Kier molecular flexibility index (Phi) is 5.76. The Hall–Kier alpha value is -2.34. The summed E-state index contributed by atoms with van der Waals surface area (Å²) in [6.45, 7) is 1.48. The molecule has 6 heteroatoms. The van der Waals surface area contributed by atoms with Crippen molar-refractivity contribution < 1.29 is 18.7 Å². The summed E-state index contributed by atoms with van der Waals surface area (Å²) >= 11 is 1.43. The minimum Gasteiger partial charge on any atom is -0.449 e. The SMILES string of the molecule is CSc1ccccc1C(=O)O[C@@H](C)C(=O)Nc1ccc(F)cc1. The first-order valence-corrected chi connectivity index (χ1v) is 8.14. The maximum atomic E-state index is 12.8. The summed E-state index contributed by atoms with van der Waals surface area (Å²) in [5, 5.41) is 2.57. The molecule has 0 saturated heterocycles. The monoisotopic (exact) mass is 333 g/mol. The molecule has 0 spiro atoms. The summed E-state index contributed by atoms with van der Waals surface area (Å²) in [5.41, 5.74) is 0.852. The minimum absolute atomic E-state index is 0.392. The number of benzene rings is 2. The highest BCUT2D eigenvalue weighted by atomic mass is 32.2. The highest BCUT2D eigenvalue weighted by Crippen LogP contribution is 2.21. The minimum atomic E-state index is -0.970. The van der Waals surface area contributed by atoms with E-state index in [0.29, 0.717) is 11.3 Å². The zero-order chi connectivity index (χ0) is 16.8. The van der Waals surface area contributed by atoms with Gasteiger partial charge in [0, 0.05) is 10.6 Å². The number of rotatable bonds is 5. The van der Waals surface area contributed by atoms with Crippen molar-refractivity contribution in [3.8, 4) is 0 Å². The zero-order valence-corrected chi connectivity index (χ0v) is 13.5. The fourth-order valence-electron chi connectivity index (χ4n) is 1.87. The number of anilines is 1. The molecule has 120 valence electrons. The molecule has 2 rings (SSSR count). The first-order valence-electron chi connectivity index (χ1n) is 6.91. The molecule has 2 aromatic carbocycles. The molecule has 0 unspecified atom stereocenters. The summed E-state index contributed by atoms with van der Waals surface area (Å²) in [4.78, 5) is 25.0. The Morgan fingerprint density at radius 3 is 2.43 bits per heavy atom. The van der Waals surface area contributed by atoms with E-state index in [4.69, 9.17) is 4.74 Å². The fourth-order valence-corrected chi connectivity index (χ4v) is 2.45. The van der Waals surface area contributed by atoms with Crippen LogP contribution in [0.1, 0.15) is 17.3 Å². The quantitative estimate of drug-likeness (QED) is 0.669. The number of ether oxygens (including phenoxy) is 1. The molecule has 1 atom stereocenters. The predicted octanol–water partition coefficient (Wildman–Crippen LogP) is 3.73. The van der Waals surface area contributed by atoms with Crippen LogP contribution >= 0.6 is 11.8 Å². The van der Waals surface area contributed by atoms with Crippen LogP contribution in [-0.4, -0.2) is 24.2 Å². The summed E-state index contributed by atoms with van der Waals surface area (Å²) in [7, 11) is 0. The van der Waals surface area contributed by atoms with Gasteiger partial charge >= 0.3 is 5.97 Å². The van der Waals surface area contributed by atoms with Crippen LogP contribution in [0.2, 0.25) is 0 Å². The van der Waals surface area contributed by atoms with Crippen molar-refractivity contribution in [3.05, 3.63) is 59.9 Å². The van der Waals surface area contributed by atoms with Crippen molar-refractivity contribution in [1.29, 1.82) is 0 Å². The van der Waals surface area contributed by atoms with Gasteiger partial charge in [-0.1, -0.05) is 12.1 Å². The second-order valence-corrected chi connectivity index (χ2v) is 5.59. The van der Waals surface area contributed by atoms with Crippen LogP contribution in [0.15, 0.2) is 53.4 Å². The number of amides is 1. The molecule has 23 heavy (non-hydrogen) atoms. The predicted molar refractivity (Wildman–Crippen MR) is 88.1 cm³/mol. The lowest BCUT2D eigenvalue weighted by atomic mass is 10.2. The lowest BCUT2D eigenvalue weighted by Gasteiger charge is -2.14. The summed E-state index contributed by atoms with van der Waals surface area (Å²) < 4.78 is 18.0. The van der Waals surface area contributed by atoms with Gasteiger partial charge in [0.25, 0.3) is 5.91 Å². The van der Waals surface area contributed by atoms with Gasteiger partial charge in [-0.3, -0.25) is 4.79 Å². The number of hydrogen-bond donors (Lipinski definition) is 1. The molecule has 0 aromatic heterocycles. The van der Waals surface area contributed by atoms with E-state index in [2.05, 4.69) is 5.32 Å². The normalized spacial score (nSPS) is 11.6. The van der Waals surface area contributed by atoms with Crippen LogP contribution in [0, 0.1) is 5.82 Å². The number of esters is 1. The molecule has 1 amide bonds. The summed E-state index contributed by atoms with van der Waals surface area (Å²) in [6, 6.07) is 12.4. The topological polar surface area (TPSA) is 55.4 Å². The van der Waals surface area contributed by atoms with E-state index < -0.39 is 23.8 Å². The molecule has 2 aromatic rings. The van der Waals surface area contributed by atoms with Crippen molar-refractivity contribution in [1.82, 2.24) is 0 Å². The Bertz CT molecular complexity index is 703. The molecule has 0 saturated carbocycles. The van der Waals surface area contributed by atoms with E-state index in [0.717, 1.165) is 4.90 Å². The Labute approximate surface area is 138 Å². The lowest BCUT2D eigenvalue weighted by molar-refractivity contribution is -0.123. The molecule has 0 heterocycles. The van der Waals surface area contributed by atoms with Crippen molar-refractivity contribution in [3.63, 3.8) is 0 Å². The van der Waals surface area contributed by atoms with Crippen molar-refractivity contribution in [2.75, 3.05) is 11.6 Å². The molecule has 1 N–H and O–H groups in total. The van der Waals surface area contributed by atoms with Crippen LogP contribution in [0.25, 0.3) is 0 Å². The van der Waals surface area contributed by atoms with Gasteiger partial charge in [-0.2, -0.15) is 0 Å². The Balaban J connectivity index is 2.00. The molecule has 0 radical (unpaired) electrons. The molecule has 0 aliphatic carbocycles. The van der Waals surface area contributed by atoms with Gasteiger partial charge in [0.2, 0.25) is 0 Å². The van der Waals surface area contributed by atoms with E-state index in [9.17, 15) is 14.0 Å². The average molecular weight is 333 g/mol. The van der Waals surface area contributed by atoms with Gasteiger partial charge in [0.15, 0.2) is 6.10 Å². The maximum absolute atomic E-state index is 12.8. The third-order valence-electron chi connectivity index (χ3n) is 3.09. The molecule has 0 fully saturated rings. The summed E-state index contributed by atoms with van der Waals surface area (Å²) in [5.74, 6) is -1.43. The highest BCUT2D eigenvalue weighted by Gasteiger charge is 2.20. The molecule has 0 bridgehead atoms. The number of thioether (sulfide) groups is 1. The number of carbonyl (C=O) groups excluding carboxylic acids is 2. The van der Waals surface area contributed by atoms with Gasteiger partial charge in [0.1, 0.15) is 5.82 Å². The second-order valence-electron chi connectivity index (χ2n) is 4.74. The third kappa shape index (κ3) is 4.56. The number of carbonyl (C=O) groups is 2. The first kappa shape index (κ1) is 17.0. The van der Waals surface area contributed by atoms with Crippen LogP contribution in [0.5, 0.6) is 0 Å². The molecule has 0 aliphatic heterocycles. The maximum Gasteiger partial charge on any atom is 0.340 e. The van der Waals surface area contributed by atoms with Crippen molar-refractivity contribution >= 4 is 29.3 Å². The zero-order valence-electron chi connectivity index (χ0n) is 12.7. The average Bonchev–Trinajstić information content (AvgIpc) is 2.56. The standard InChI is InChI=1S/C17H16FNO3S/c1-11(16(20)19-13-9-7-12(18)8-10-13)22-17(21)14-5-3-4-6-15(14)23-2/h3-11H,1-2H3,(H,19,20)/t11-/m0/s1. The van der Waals surface area contributed by atoms with Gasteiger partial charge in [0.05, 0.1) is 5.56 Å². The molecular weight excluding hydrogens is 317 g/mol. The van der Waals surface area contributed by atoms with E-state index in [1.807, 2.05) is 18.4 Å². The smallest absolute Gasteiger partial charge is 0.340 e. The van der Waals surface area contributed by atoms with E-state index in [1.165, 1.54) is 43.0 Å². The van der Waals surface area contributed by atoms with Crippen LogP contribution in [0.4, 0.5) is 10.1 Å². The second kappa shape index (κ2) is 7.78. The Morgan fingerprint density at radius 1 is 1.13 bits per heavy atom. The number of nitrogens with one attached hydrogen (secondary N) is 1.